The molecule has 1 aliphatic rings. The highest BCUT2D eigenvalue weighted by molar-refractivity contribution is 6.31. The fourth-order valence-corrected chi connectivity index (χ4v) is 4.29. The van der Waals surface area contributed by atoms with Gasteiger partial charge in [0, 0.05) is 17.4 Å². The monoisotopic (exact) mass is 489 g/mol. The number of benzene rings is 2. The maximum Gasteiger partial charge on any atom is 0.297 e. The summed E-state index contributed by atoms with van der Waals surface area (Å²) < 4.78 is 17.4. The number of hydrogen-bond donors (Lipinski definition) is 0. The summed E-state index contributed by atoms with van der Waals surface area (Å²) in [6.45, 7) is 6.22. The largest absolute Gasteiger partial charge is 0.490 e. The lowest BCUT2D eigenvalue weighted by Crippen LogP contribution is -2.31. The smallest absolute Gasteiger partial charge is 0.297 e. The van der Waals surface area contributed by atoms with Crippen LogP contribution in [-0.4, -0.2) is 29.1 Å². The third-order valence-corrected chi connectivity index (χ3v) is 5.77. The molecule has 0 saturated carbocycles. The summed E-state index contributed by atoms with van der Waals surface area (Å²) in [6, 6.07) is 10.7. The first kappa shape index (κ1) is 22.6. The van der Waals surface area contributed by atoms with E-state index in [2.05, 4.69) is 16.5 Å². The van der Waals surface area contributed by atoms with Crippen molar-refractivity contribution in [1.29, 1.82) is 0 Å². The summed E-state index contributed by atoms with van der Waals surface area (Å²) in [5.74, 6) is 0.539. The van der Waals surface area contributed by atoms with Crippen LogP contribution < -0.4 is 19.8 Å². The molecule has 35 heavy (non-hydrogen) atoms. The van der Waals surface area contributed by atoms with Crippen LogP contribution >= 0.6 is 11.6 Å². The molecule has 2 aromatic carbocycles. The van der Waals surface area contributed by atoms with Crippen molar-refractivity contribution in [2.75, 3.05) is 18.1 Å². The zero-order valence-electron chi connectivity index (χ0n) is 18.7. The van der Waals surface area contributed by atoms with Gasteiger partial charge in [-0.3, -0.25) is 14.5 Å². The highest BCUT2D eigenvalue weighted by Crippen LogP contribution is 2.42. The molecule has 1 amide bonds. The van der Waals surface area contributed by atoms with Crippen LogP contribution in [0.3, 0.4) is 0 Å². The Balaban J connectivity index is 1.75. The Labute approximate surface area is 205 Å². The van der Waals surface area contributed by atoms with Crippen molar-refractivity contribution in [3.63, 3.8) is 0 Å². The van der Waals surface area contributed by atoms with Crippen LogP contribution in [0.5, 0.6) is 11.5 Å². The van der Waals surface area contributed by atoms with E-state index in [0.717, 1.165) is 0 Å². The lowest BCUT2D eigenvalue weighted by atomic mass is 9.98. The Morgan fingerprint density at radius 1 is 1.11 bits per heavy atom. The number of nitrogens with zero attached hydrogens (tertiary/aromatic N) is 3. The van der Waals surface area contributed by atoms with Gasteiger partial charge in [-0.15, -0.1) is 0 Å². The number of hydrogen-bond acceptors (Lipinski definition) is 7. The van der Waals surface area contributed by atoms with Crippen molar-refractivity contribution in [2.24, 2.45) is 0 Å². The van der Waals surface area contributed by atoms with Crippen LogP contribution in [0.4, 0.5) is 5.95 Å². The Kier molecular flexibility index (Phi) is 5.96. The van der Waals surface area contributed by atoms with Gasteiger partial charge in [0.25, 0.3) is 5.91 Å². The molecule has 0 bridgehead atoms. The molecule has 0 radical (unpaired) electrons. The van der Waals surface area contributed by atoms with Gasteiger partial charge < -0.3 is 13.9 Å². The van der Waals surface area contributed by atoms with Crippen molar-refractivity contribution < 1.29 is 18.7 Å². The molecule has 8 nitrogen and oxygen atoms in total. The fourth-order valence-electron chi connectivity index (χ4n) is 4.11. The van der Waals surface area contributed by atoms with Crippen LogP contribution in [0.1, 0.15) is 34.6 Å². The summed E-state index contributed by atoms with van der Waals surface area (Å²) in [7, 11) is 0. The molecule has 0 aliphatic carbocycles. The Bertz CT molecular complexity index is 1500. The highest BCUT2D eigenvalue weighted by Gasteiger charge is 2.45. The van der Waals surface area contributed by atoms with E-state index in [1.807, 2.05) is 6.92 Å². The minimum Gasteiger partial charge on any atom is -0.490 e. The van der Waals surface area contributed by atoms with Gasteiger partial charge in [0.15, 0.2) is 16.9 Å². The van der Waals surface area contributed by atoms with E-state index < -0.39 is 11.9 Å². The molecule has 1 aliphatic heterocycles. The van der Waals surface area contributed by atoms with E-state index in [1.54, 1.807) is 42.5 Å². The first-order valence-electron chi connectivity index (χ1n) is 10.9. The molecule has 0 N–H and O–H groups in total. The topological polar surface area (TPSA) is 94.8 Å². The average molecular weight is 490 g/mol. The third-order valence-electron chi connectivity index (χ3n) is 5.54. The zero-order valence-corrected chi connectivity index (χ0v) is 19.5. The van der Waals surface area contributed by atoms with E-state index in [4.69, 9.17) is 25.5 Å². The van der Waals surface area contributed by atoms with E-state index in [0.29, 0.717) is 35.3 Å². The lowest BCUT2D eigenvalue weighted by Gasteiger charge is -2.24. The number of ether oxygens (including phenoxy) is 2. The summed E-state index contributed by atoms with van der Waals surface area (Å²) in [4.78, 5) is 37.2. The average Bonchev–Trinajstić information content (AvgIpc) is 3.17. The van der Waals surface area contributed by atoms with Gasteiger partial charge in [-0.2, -0.15) is 0 Å². The second kappa shape index (κ2) is 9.23. The molecule has 1 unspecified atom stereocenters. The van der Waals surface area contributed by atoms with Gasteiger partial charge in [0.2, 0.25) is 11.7 Å². The summed E-state index contributed by atoms with van der Waals surface area (Å²) >= 11 is 6.15. The molecule has 9 heteroatoms. The predicted octanol–water partition coefficient (Wildman–Crippen LogP) is 4.95. The molecule has 3 heterocycles. The molecule has 0 spiro atoms. The molecule has 5 rings (SSSR count). The van der Waals surface area contributed by atoms with Crippen molar-refractivity contribution >= 4 is 34.4 Å². The Morgan fingerprint density at radius 2 is 1.91 bits per heavy atom. The quantitative estimate of drug-likeness (QED) is 0.339. The summed E-state index contributed by atoms with van der Waals surface area (Å²) in [5.41, 5.74) is 0.696. The van der Waals surface area contributed by atoms with Crippen LogP contribution in [0, 0.1) is 0 Å². The molecule has 0 saturated heterocycles. The number of aromatic nitrogens is 2. The Morgan fingerprint density at radius 3 is 2.66 bits per heavy atom. The lowest BCUT2D eigenvalue weighted by molar-refractivity contribution is 0.0969. The van der Waals surface area contributed by atoms with Gasteiger partial charge in [0.1, 0.15) is 12.2 Å². The summed E-state index contributed by atoms with van der Waals surface area (Å²) in [5, 5.41) is 0.664. The highest BCUT2D eigenvalue weighted by atomic mass is 35.5. The van der Waals surface area contributed by atoms with E-state index >= 15 is 0 Å². The van der Waals surface area contributed by atoms with Crippen LogP contribution in [0.2, 0.25) is 5.02 Å². The standard InChI is InChI=1S/C26H20ClN3O5/c1-3-12-34-19-8-6-15(13-20(19)33-4-2)22-21-23(31)17-14-16(27)7-9-18(17)35-24(21)25(32)30(22)26-28-10-5-11-29-26/h3,5-11,13-14,22H,1,4,12H2,2H3. The maximum absolute atomic E-state index is 13.7. The van der Waals surface area contributed by atoms with Gasteiger partial charge in [0.05, 0.1) is 23.6 Å². The number of halogens is 1. The molecule has 1 atom stereocenters. The van der Waals surface area contributed by atoms with E-state index in [9.17, 15) is 9.59 Å². The second-order valence-electron chi connectivity index (χ2n) is 7.68. The number of carbonyl (C=O) groups is 1. The van der Waals surface area contributed by atoms with E-state index in [1.165, 1.54) is 23.4 Å². The number of amides is 1. The number of rotatable bonds is 7. The third kappa shape index (κ3) is 3.91. The van der Waals surface area contributed by atoms with Crippen molar-refractivity contribution in [2.45, 2.75) is 13.0 Å². The molecular weight excluding hydrogens is 470 g/mol. The first-order valence-corrected chi connectivity index (χ1v) is 11.3. The molecule has 0 fully saturated rings. The van der Waals surface area contributed by atoms with Crippen LogP contribution in [0.15, 0.2) is 76.7 Å². The fraction of sp³-hybridized carbons (Fsp3) is 0.154. The maximum atomic E-state index is 13.7. The zero-order chi connectivity index (χ0) is 24.5. The molecule has 176 valence electrons. The van der Waals surface area contributed by atoms with Crippen molar-refractivity contribution in [1.82, 2.24) is 9.97 Å². The van der Waals surface area contributed by atoms with Crippen molar-refractivity contribution in [3.8, 4) is 11.5 Å². The molecule has 4 aromatic rings. The van der Waals surface area contributed by atoms with Crippen molar-refractivity contribution in [3.05, 3.63) is 99.6 Å². The SMILES string of the molecule is C=CCOc1ccc(C2c3c(oc4ccc(Cl)cc4c3=O)C(=O)N2c2ncccn2)cc1OCC. The van der Waals surface area contributed by atoms with Gasteiger partial charge in [-0.25, -0.2) is 9.97 Å². The van der Waals surface area contributed by atoms with Gasteiger partial charge in [-0.05, 0) is 48.9 Å². The second-order valence-corrected chi connectivity index (χ2v) is 8.12. The first-order chi connectivity index (χ1) is 17.0. The number of anilines is 1. The molecule has 2 aromatic heterocycles. The van der Waals surface area contributed by atoms with Crippen LogP contribution in [-0.2, 0) is 0 Å². The minimum absolute atomic E-state index is 0.0628. The summed E-state index contributed by atoms with van der Waals surface area (Å²) in [6.07, 6.45) is 4.68. The predicted molar refractivity (Wildman–Crippen MR) is 131 cm³/mol. The normalized spacial score (nSPS) is 14.7. The number of fused-ring (bicyclic) bond motifs is 2. The minimum atomic E-state index is -0.854. The number of carbonyl (C=O) groups excluding carboxylic acids is 1. The Hall–Kier alpha value is -4.17. The van der Waals surface area contributed by atoms with Gasteiger partial charge in [-0.1, -0.05) is 30.3 Å². The van der Waals surface area contributed by atoms with E-state index in [-0.39, 0.29) is 33.7 Å². The molecular formula is C26H20ClN3O5. The van der Waals surface area contributed by atoms with Crippen LogP contribution in [0.25, 0.3) is 11.0 Å². The van der Waals surface area contributed by atoms with Gasteiger partial charge >= 0.3 is 0 Å².